The molecule has 5 heavy (non-hydrogen) atoms. The first-order valence-corrected chi connectivity index (χ1v) is 0. The monoisotopic (exact) mass is 285 g/mol. The van der Waals surface area contributed by atoms with E-state index in [2.05, 4.69) is 0 Å². The molecule has 0 bridgehead atoms. The summed E-state index contributed by atoms with van der Waals surface area (Å²) in [6.07, 6.45) is 0. The van der Waals surface area contributed by atoms with Gasteiger partial charge in [-0.25, -0.2) is 0 Å². The SMILES string of the molecule is [Ga].[O-2].[O-2].[Sn+4].[Zn]. The molecule has 0 rings (SSSR count). The zero-order valence-electron chi connectivity index (χ0n) is 2.60. The van der Waals surface area contributed by atoms with Gasteiger partial charge in [0.15, 0.2) is 0 Å². The summed E-state index contributed by atoms with van der Waals surface area (Å²) in [6, 6.07) is 0. The van der Waals surface area contributed by atoms with Crippen LogP contribution in [-0.4, -0.2) is 43.7 Å². The van der Waals surface area contributed by atoms with E-state index in [1.807, 2.05) is 0 Å². The summed E-state index contributed by atoms with van der Waals surface area (Å²) in [5, 5.41) is 0. The van der Waals surface area contributed by atoms with Gasteiger partial charge in [0.1, 0.15) is 0 Å². The predicted octanol–water partition coefficient (Wildman–Crippen LogP) is -1.00. The number of hydrogen-bond donors (Lipinski definition) is 0. The van der Waals surface area contributed by atoms with E-state index < -0.39 is 0 Å². The summed E-state index contributed by atoms with van der Waals surface area (Å²) >= 11 is 0. The second-order valence-corrected chi connectivity index (χ2v) is 0. The summed E-state index contributed by atoms with van der Waals surface area (Å²) in [5.74, 6) is 0. The fourth-order valence-corrected chi connectivity index (χ4v) is 0. The molecule has 0 heterocycles. The minimum atomic E-state index is 0. The molecule has 0 fully saturated rings. The molecule has 0 atom stereocenters. The fourth-order valence-electron chi connectivity index (χ4n) is 0. The molecule has 21 valence electrons. The molecular formula is GaO2SnZn. The van der Waals surface area contributed by atoms with E-state index in [1.165, 1.54) is 0 Å². The van der Waals surface area contributed by atoms with Gasteiger partial charge >= 0.3 is 23.9 Å². The van der Waals surface area contributed by atoms with Crippen molar-refractivity contribution < 1.29 is 30.4 Å². The Morgan fingerprint density at radius 3 is 0.800 bits per heavy atom. The van der Waals surface area contributed by atoms with Crippen LogP contribution >= 0.6 is 0 Å². The van der Waals surface area contributed by atoms with Gasteiger partial charge in [-0.05, 0) is 0 Å². The molecule has 0 aliphatic carbocycles. The third kappa shape index (κ3) is 24.2. The van der Waals surface area contributed by atoms with Gasteiger partial charge in [-0.2, -0.15) is 0 Å². The largest absolute Gasteiger partial charge is 4.00 e. The maximum atomic E-state index is 0. The van der Waals surface area contributed by atoms with Crippen molar-refractivity contribution in [2.24, 2.45) is 0 Å². The molecule has 0 saturated carbocycles. The molecule has 2 nitrogen and oxygen atoms in total. The van der Waals surface area contributed by atoms with Crippen LogP contribution in [0.3, 0.4) is 0 Å². The van der Waals surface area contributed by atoms with Crippen molar-refractivity contribution in [1.29, 1.82) is 0 Å². The summed E-state index contributed by atoms with van der Waals surface area (Å²) in [6.45, 7) is 0. The first-order chi connectivity index (χ1) is 0. The zero-order valence-corrected chi connectivity index (χ0v) is 10.8. The topological polar surface area (TPSA) is 57.0 Å². The van der Waals surface area contributed by atoms with E-state index >= 15 is 0 Å². The average molecular weight is 286 g/mol. The normalized spacial score (nSPS) is 0. The second-order valence-electron chi connectivity index (χ2n) is 0. The van der Waals surface area contributed by atoms with Gasteiger partial charge in [-0.3, -0.25) is 0 Å². The molecule has 0 saturated heterocycles. The Hall–Kier alpha value is 1.98. The van der Waals surface area contributed by atoms with Gasteiger partial charge < -0.3 is 11.0 Å². The van der Waals surface area contributed by atoms with Gasteiger partial charge in [0.2, 0.25) is 0 Å². The molecule has 0 aliphatic heterocycles. The Morgan fingerprint density at radius 1 is 0.800 bits per heavy atom. The molecule has 0 spiro atoms. The molecule has 5 heteroatoms. The zero-order chi connectivity index (χ0) is 0. The Bertz CT molecular complexity index is 9.61. The molecule has 0 aromatic rings. The first-order valence-electron chi connectivity index (χ1n) is 0. The smallest absolute Gasteiger partial charge is 2.00 e. The molecule has 0 unspecified atom stereocenters. The predicted molar refractivity (Wildman–Crippen MR) is 12.9 cm³/mol. The van der Waals surface area contributed by atoms with Crippen molar-refractivity contribution in [1.82, 2.24) is 0 Å². The van der Waals surface area contributed by atoms with Crippen LogP contribution in [0.25, 0.3) is 0 Å². The molecule has 0 aromatic carbocycles. The summed E-state index contributed by atoms with van der Waals surface area (Å²) in [4.78, 5) is 0. The van der Waals surface area contributed by atoms with Crippen LogP contribution in [0, 0.1) is 0 Å². The van der Waals surface area contributed by atoms with Crippen molar-refractivity contribution in [3.8, 4) is 0 Å². The van der Waals surface area contributed by atoms with E-state index in [1.54, 1.807) is 0 Å². The maximum absolute atomic E-state index is 0. The van der Waals surface area contributed by atoms with Crippen LogP contribution in [0.4, 0.5) is 0 Å². The Morgan fingerprint density at radius 2 is 0.800 bits per heavy atom. The van der Waals surface area contributed by atoms with Gasteiger partial charge in [0.25, 0.3) is 0 Å². The Labute approximate surface area is 73.5 Å². The van der Waals surface area contributed by atoms with E-state index in [4.69, 9.17) is 0 Å². The van der Waals surface area contributed by atoms with E-state index in [0.29, 0.717) is 0 Å². The van der Waals surface area contributed by atoms with Crippen molar-refractivity contribution in [3.63, 3.8) is 0 Å². The molecule has 3 radical (unpaired) electrons. The van der Waals surface area contributed by atoms with Gasteiger partial charge in [0, 0.05) is 39.3 Å². The van der Waals surface area contributed by atoms with E-state index in [-0.39, 0.29) is 74.1 Å². The standard InChI is InChI=1S/Ga.2O.Sn.Zn/q;2*-2;+4;. The van der Waals surface area contributed by atoms with Crippen LogP contribution in [-0.2, 0) is 30.4 Å². The van der Waals surface area contributed by atoms with Gasteiger partial charge in [-0.15, -0.1) is 0 Å². The van der Waals surface area contributed by atoms with Crippen LogP contribution < -0.4 is 0 Å². The summed E-state index contributed by atoms with van der Waals surface area (Å²) < 4.78 is 0. The van der Waals surface area contributed by atoms with Gasteiger partial charge in [-0.1, -0.05) is 0 Å². The van der Waals surface area contributed by atoms with Crippen molar-refractivity contribution >= 4 is 43.7 Å². The van der Waals surface area contributed by atoms with Crippen molar-refractivity contribution in [3.05, 3.63) is 0 Å². The quantitative estimate of drug-likeness (QED) is 0.513. The summed E-state index contributed by atoms with van der Waals surface area (Å²) in [7, 11) is 0. The first kappa shape index (κ1) is 63.7. The molecule has 0 N–H and O–H groups in total. The Balaban J connectivity index is 0. The van der Waals surface area contributed by atoms with E-state index in [0.717, 1.165) is 0 Å². The Kier molecular flexibility index (Phi) is 482. The number of rotatable bonds is 0. The number of hydrogen-bond acceptors (Lipinski definition) is 0. The third-order valence-corrected chi connectivity index (χ3v) is 0. The van der Waals surface area contributed by atoms with E-state index in [9.17, 15) is 0 Å². The molecular weight excluding hydrogens is 286 g/mol. The average Bonchev–Trinajstić information content (AvgIpc) is 0. The minimum Gasteiger partial charge on any atom is -2.00 e. The second kappa shape index (κ2) is 37.9. The van der Waals surface area contributed by atoms with Crippen LogP contribution in [0.15, 0.2) is 0 Å². The van der Waals surface area contributed by atoms with Crippen LogP contribution in [0.1, 0.15) is 0 Å². The maximum Gasteiger partial charge on any atom is 4.00 e. The molecule has 0 aromatic heterocycles. The molecule has 0 amide bonds. The van der Waals surface area contributed by atoms with Crippen molar-refractivity contribution in [2.75, 3.05) is 0 Å². The summed E-state index contributed by atoms with van der Waals surface area (Å²) in [5.41, 5.74) is 0. The molecule has 0 aliphatic rings. The van der Waals surface area contributed by atoms with Crippen LogP contribution in [0.5, 0.6) is 0 Å². The third-order valence-electron chi connectivity index (χ3n) is 0. The minimum absolute atomic E-state index is 0. The van der Waals surface area contributed by atoms with Crippen LogP contribution in [0.2, 0.25) is 0 Å². The fraction of sp³-hybridized carbons (Fsp3) is 0. The van der Waals surface area contributed by atoms with Crippen molar-refractivity contribution in [2.45, 2.75) is 0 Å². The van der Waals surface area contributed by atoms with Gasteiger partial charge in [0.05, 0.1) is 0 Å².